The van der Waals surface area contributed by atoms with E-state index in [-0.39, 0.29) is 37.4 Å². The summed E-state index contributed by atoms with van der Waals surface area (Å²) < 4.78 is 6.03. The molecule has 0 radical (unpaired) electrons. The van der Waals surface area contributed by atoms with Gasteiger partial charge in [-0.05, 0) is 19.8 Å². The van der Waals surface area contributed by atoms with Gasteiger partial charge in [0.05, 0.1) is 6.42 Å². The number of ether oxygens (including phenoxy) is 1. The molecule has 1 aromatic heterocycles. The molecular formula is C22H36N6O7. The van der Waals surface area contributed by atoms with Crippen LogP contribution in [0.4, 0.5) is 16.3 Å². The monoisotopic (exact) mass is 496 g/mol. The number of nitrogen functional groups attached to an aromatic ring is 1. The Labute approximate surface area is 203 Å². The number of anilines is 2. The van der Waals surface area contributed by atoms with E-state index in [2.05, 4.69) is 10.3 Å². The number of esters is 1. The van der Waals surface area contributed by atoms with Gasteiger partial charge >= 0.3 is 17.7 Å². The largest absolute Gasteiger partial charge is 0.456 e. The van der Waals surface area contributed by atoms with Crippen molar-refractivity contribution in [1.82, 2.24) is 20.2 Å². The zero-order chi connectivity index (χ0) is 26.4. The van der Waals surface area contributed by atoms with Crippen LogP contribution in [0.3, 0.4) is 0 Å². The number of aromatic nitrogens is 2. The van der Waals surface area contributed by atoms with Crippen LogP contribution in [0.2, 0.25) is 0 Å². The molecular weight excluding hydrogens is 460 g/mol. The van der Waals surface area contributed by atoms with Crippen LogP contribution in [0.15, 0.2) is 9.59 Å². The maximum absolute atomic E-state index is 13.0. The van der Waals surface area contributed by atoms with Gasteiger partial charge in [-0.15, -0.1) is 0 Å². The molecule has 1 heterocycles. The van der Waals surface area contributed by atoms with Crippen LogP contribution in [0.25, 0.3) is 0 Å². The third-order valence-electron chi connectivity index (χ3n) is 5.00. The fourth-order valence-electron chi connectivity index (χ4n) is 3.19. The lowest BCUT2D eigenvalue weighted by Crippen LogP contribution is -2.42. The molecule has 0 saturated heterocycles. The highest BCUT2D eigenvalue weighted by Gasteiger charge is 2.24. The van der Waals surface area contributed by atoms with Gasteiger partial charge in [-0.2, -0.15) is 0 Å². The molecule has 0 aliphatic rings. The number of nitrogens with zero attached hydrogens (tertiary/aromatic N) is 2. The number of imide groups is 1. The van der Waals surface area contributed by atoms with Gasteiger partial charge in [0.1, 0.15) is 5.82 Å². The van der Waals surface area contributed by atoms with Gasteiger partial charge < -0.3 is 20.7 Å². The minimum absolute atomic E-state index is 0.110. The van der Waals surface area contributed by atoms with E-state index in [4.69, 9.17) is 10.5 Å². The number of rotatable bonds is 14. The molecule has 0 aromatic carbocycles. The topological polar surface area (TPSA) is 186 Å². The summed E-state index contributed by atoms with van der Waals surface area (Å²) in [6.45, 7) is 5.70. The quantitative estimate of drug-likeness (QED) is 0.213. The summed E-state index contributed by atoms with van der Waals surface area (Å²) in [5.41, 5.74) is 4.58. The number of amides is 4. The summed E-state index contributed by atoms with van der Waals surface area (Å²) in [4.78, 5) is 76.2. The lowest BCUT2D eigenvalue weighted by atomic mass is 10.2. The van der Waals surface area contributed by atoms with Gasteiger partial charge in [0.2, 0.25) is 5.91 Å². The molecule has 35 heavy (non-hydrogen) atoms. The third kappa shape index (κ3) is 9.63. The maximum Gasteiger partial charge on any atom is 0.330 e. The normalized spacial score (nSPS) is 10.5. The molecule has 0 saturated carbocycles. The predicted molar refractivity (Wildman–Crippen MR) is 130 cm³/mol. The molecule has 0 atom stereocenters. The van der Waals surface area contributed by atoms with E-state index in [0.717, 1.165) is 19.3 Å². The van der Waals surface area contributed by atoms with Crippen molar-refractivity contribution in [2.75, 3.05) is 30.3 Å². The smallest absolute Gasteiger partial charge is 0.330 e. The summed E-state index contributed by atoms with van der Waals surface area (Å²) in [5.74, 6) is -2.30. The number of unbranched alkanes of at least 4 members (excludes halogenated alkanes) is 3. The number of urea groups is 1. The van der Waals surface area contributed by atoms with Crippen LogP contribution in [0, 0.1) is 0 Å². The van der Waals surface area contributed by atoms with Gasteiger partial charge in [-0.1, -0.05) is 33.1 Å². The highest BCUT2D eigenvalue weighted by molar-refractivity contribution is 5.97. The van der Waals surface area contributed by atoms with Crippen LogP contribution in [0.5, 0.6) is 0 Å². The van der Waals surface area contributed by atoms with Crippen molar-refractivity contribution in [1.29, 1.82) is 0 Å². The van der Waals surface area contributed by atoms with Crippen LogP contribution < -0.4 is 32.5 Å². The van der Waals surface area contributed by atoms with Crippen LogP contribution >= 0.6 is 0 Å². The first-order chi connectivity index (χ1) is 16.7. The third-order valence-corrected chi connectivity index (χ3v) is 5.00. The number of hydrogen-bond donors (Lipinski definition) is 4. The van der Waals surface area contributed by atoms with Crippen molar-refractivity contribution in [3.63, 3.8) is 0 Å². The number of carbonyl (C=O) groups excluding carboxylic acids is 4. The SMILES string of the molecule is CCCCCN(C(=O)CCC(=O)OCC(=O)NC(=O)NCC)c1c(N)n(CCCC)c(=O)[nH]c1=O. The number of hydrogen-bond acceptors (Lipinski definition) is 8. The van der Waals surface area contributed by atoms with E-state index in [1.165, 1.54) is 9.47 Å². The molecule has 0 spiro atoms. The summed E-state index contributed by atoms with van der Waals surface area (Å²) in [5, 5.41) is 4.34. The standard InChI is InChI=1S/C22H36N6O7/c1-4-7-9-13-27(18-19(23)28(12-8-5-2)22(34)26-20(18)32)16(30)10-11-17(31)35-14-15(29)25-21(33)24-6-3/h4-14,23H2,1-3H3,(H,26,32,34)(H2,24,25,29,33). The number of nitrogens with two attached hydrogens (primary N) is 1. The highest BCUT2D eigenvalue weighted by atomic mass is 16.5. The highest BCUT2D eigenvalue weighted by Crippen LogP contribution is 2.19. The Bertz CT molecular complexity index is 1000. The average molecular weight is 497 g/mol. The van der Waals surface area contributed by atoms with E-state index in [9.17, 15) is 28.8 Å². The first-order valence-electron chi connectivity index (χ1n) is 11.8. The van der Waals surface area contributed by atoms with Crippen molar-refractivity contribution in [3.8, 4) is 0 Å². The Morgan fingerprint density at radius 3 is 2.34 bits per heavy atom. The number of nitrogens with one attached hydrogen (secondary N) is 3. The second-order valence-electron chi connectivity index (χ2n) is 7.82. The summed E-state index contributed by atoms with van der Waals surface area (Å²) in [7, 11) is 0. The predicted octanol–water partition coefficient (Wildman–Crippen LogP) is 0.611. The van der Waals surface area contributed by atoms with E-state index in [1.54, 1.807) is 6.92 Å². The molecule has 4 amide bonds. The fraction of sp³-hybridized carbons (Fsp3) is 0.636. The molecule has 13 nitrogen and oxygen atoms in total. The Balaban J connectivity index is 2.93. The van der Waals surface area contributed by atoms with Crippen molar-refractivity contribution in [2.24, 2.45) is 0 Å². The van der Waals surface area contributed by atoms with Gasteiger partial charge in [0.15, 0.2) is 12.3 Å². The Morgan fingerprint density at radius 1 is 1.03 bits per heavy atom. The van der Waals surface area contributed by atoms with E-state index < -0.39 is 41.7 Å². The van der Waals surface area contributed by atoms with Crippen molar-refractivity contribution < 1.29 is 23.9 Å². The van der Waals surface area contributed by atoms with Gasteiger partial charge in [0, 0.05) is 26.1 Å². The zero-order valence-electron chi connectivity index (χ0n) is 20.6. The zero-order valence-corrected chi connectivity index (χ0v) is 20.6. The molecule has 0 bridgehead atoms. The molecule has 0 aliphatic carbocycles. The van der Waals surface area contributed by atoms with Crippen molar-refractivity contribution >= 4 is 35.3 Å². The minimum Gasteiger partial charge on any atom is -0.456 e. The van der Waals surface area contributed by atoms with E-state index >= 15 is 0 Å². The van der Waals surface area contributed by atoms with Crippen LogP contribution in [0.1, 0.15) is 65.7 Å². The lowest BCUT2D eigenvalue weighted by Gasteiger charge is -2.24. The maximum atomic E-state index is 13.0. The van der Waals surface area contributed by atoms with Gasteiger partial charge in [0.25, 0.3) is 11.5 Å². The molecule has 0 unspecified atom stereocenters. The minimum atomic E-state index is -0.826. The lowest BCUT2D eigenvalue weighted by molar-refractivity contribution is -0.148. The summed E-state index contributed by atoms with van der Waals surface area (Å²) in [6.07, 6.45) is 3.02. The molecule has 0 fully saturated rings. The average Bonchev–Trinajstić information content (AvgIpc) is 2.80. The number of H-pyrrole nitrogens is 1. The van der Waals surface area contributed by atoms with E-state index in [0.29, 0.717) is 19.4 Å². The second-order valence-corrected chi connectivity index (χ2v) is 7.82. The molecule has 13 heteroatoms. The number of carbonyl (C=O) groups is 4. The molecule has 0 aliphatic heterocycles. The van der Waals surface area contributed by atoms with Crippen molar-refractivity contribution in [2.45, 2.75) is 72.3 Å². The number of aromatic amines is 1. The molecule has 1 aromatic rings. The van der Waals surface area contributed by atoms with Gasteiger partial charge in [-0.25, -0.2) is 9.59 Å². The molecule has 196 valence electrons. The first kappa shape index (κ1) is 29.4. The summed E-state index contributed by atoms with van der Waals surface area (Å²) in [6, 6.07) is -0.713. The Morgan fingerprint density at radius 2 is 1.71 bits per heavy atom. The second kappa shape index (κ2) is 15.3. The Kier molecular flexibility index (Phi) is 12.8. The molecule has 5 N–H and O–H groups in total. The fourth-order valence-corrected chi connectivity index (χ4v) is 3.19. The van der Waals surface area contributed by atoms with Crippen LogP contribution in [-0.4, -0.2) is 53.1 Å². The van der Waals surface area contributed by atoms with Crippen LogP contribution in [-0.2, 0) is 25.7 Å². The van der Waals surface area contributed by atoms with E-state index in [1.807, 2.05) is 19.2 Å². The molecule has 1 rings (SSSR count). The first-order valence-corrected chi connectivity index (χ1v) is 11.8. The van der Waals surface area contributed by atoms with Crippen molar-refractivity contribution in [3.05, 3.63) is 20.8 Å². The van der Waals surface area contributed by atoms with Gasteiger partial charge in [-0.3, -0.25) is 34.0 Å². The summed E-state index contributed by atoms with van der Waals surface area (Å²) >= 11 is 0. The Hall–Kier alpha value is -3.64.